The number of nitrogens with one attached hydrogen (secondary N) is 1. The van der Waals surface area contributed by atoms with Crippen molar-refractivity contribution in [1.82, 2.24) is 5.32 Å². The predicted molar refractivity (Wildman–Crippen MR) is 79.4 cm³/mol. The molecule has 1 unspecified atom stereocenters. The predicted octanol–water partition coefficient (Wildman–Crippen LogP) is 4.86. The van der Waals surface area contributed by atoms with Gasteiger partial charge in [-0.1, -0.05) is 54.9 Å². The van der Waals surface area contributed by atoms with Crippen LogP contribution in [0.4, 0.5) is 0 Å². The topological polar surface area (TPSA) is 12.0 Å². The molecule has 0 radical (unpaired) electrons. The number of hydrogen-bond acceptors (Lipinski definition) is 1. The molecule has 0 saturated carbocycles. The van der Waals surface area contributed by atoms with Gasteiger partial charge in [0.25, 0.3) is 0 Å². The SMILES string of the molecule is CCC(C)(C)C(C)(CC(C)(C)C)C(C)(C)NC. The first kappa shape index (κ1) is 17.0. The lowest BCUT2D eigenvalue weighted by Gasteiger charge is -2.56. The van der Waals surface area contributed by atoms with Crippen LogP contribution >= 0.6 is 0 Å². The Labute approximate surface area is 110 Å². The molecule has 1 heteroatoms. The molecule has 1 atom stereocenters. The zero-order valence-corrected chi connectivity index (χ0v) is 13.9. The Kier molecular flexibility index (Phi) is 4.90. The van der Waals surface area contributed by atoms with Gasteiger partial charge in [-0.25, -0.2) is 0 Å². The molecule has 0 spiro atoms. The van der Waals surface area contributed by atoms with Crippen molar-refractivity contribution in [2.75, 3.05) is 7.05 Å². The van der Waals surface area contributed by atoms with Gasteiger partial charge in [0.15, 0.2) is 0 Å². The van der Waals surface area contributed by atoms with Gasteiger partial charge >= 0.3 is 0 Å². The average Bonchev–Trinajstić information content (AvgIpc) is 2.14. The largest absolute Gasteiger partial charge is 0.314 e. The Morgan fingerprint density at radius 3 is 1.47 bits per heavy atom. The van der Waals surface area contributed by atoms with Gasteiger partial charge in [-0.2, -0.15) is 0 Å². The third-order valence-electron chi connectivity index (χ3n) is 5.27. The third kappa shape index (κ3) is 3.47. The summed E-state index contributed by atoms with van der Waals surface area (Å²) >= 11 is 0. The first-order valence-electron chi connectivity index (χ1n) is 7.02. The second-order valence-electron chi connectivity index (χ2n) is 8.18. The molecule has 1 N–H and O–H groups in total. The second-order valence-corrected chi connectivity index (χ2v) is 8.18. The highest BCUT2D eigenvalue weighted by molar-refractivity contribution is 5.04. The molecular weight excluding hydrogens is 206 g/mol. The van der Waals surface area contributed by atoms with Gasteiger partial charge in [-0.15, -0.1) is 0 Å². The molecule has 0 aliphatic heterocycles. The van der Waals surface area contributed by atoms with Crippen LogP contribution in [0.3, 0.4) is 0 Å². The molecule has 104 valence electrons. The summed E-state index contributed by atoms with van der Waals surface area (Å²) in [4.78, 5) is 0. The van der Waals surface area contributed by atoms with Crippen LogP contribution < -0.4 is 5.32 Å². The van der Waals surface area contributed by atoms with Gasteiger partial charge in [0.2, 0.25) is 0 Å². The minimum absolute atomic E-state index is 0.139. The van der Waals surface area contributed by atoms with Gasteiger partial charge in [-0.05, 0) is 43.6 Å². The molecule has 17 heavy (non-hydrogen) atoms. The summed E-state index contributed by atoms with van der Waals surface area (Å²) in [7, 11) is 2.09. The maximum Gasteiger partial charge on any atom is 0.0181 e. The van der Waals surface area contributed by atoms with Gasteiger partial charge < -0.3 is 5.32 Å². The van der Waals surface area contributed by atoms with Crippen LogP contribution in [-0.2, 0) is 0 Å². The summed E-state index contributed by atoms with van der Waals surface area (Å²) in [5.41, 5.74) is 1.09. The molecule has 0 aromatic carbocycles. The number of hydrogen-bond donors (Lipinski definition) is 1. The first-order valence-corrected chi connectivity index (χ1v) is 7.02. The van der Waals surface area contributed by atoms with Crippen LogP contribution in [0.15, 0.2) is 0 Å². The van der Waals surface area contributed by atoms with Crippen molar-refractivity contribution >= 4 is 0 Å². The van der Waals surface area contributed by atoms with Crippen molar-refractivity contribution < 1.29 is 0 Å². The van der Waals surface area contributed by atoms with E-state index >= 15 is 0 Å². The van der Waals surface area contributed by atoms with Crippen LogP contribution in [0.1, 0.15) is 75.2 Å². The van der Waals surface area contributed by atoms with E-state index in [0.717, 1.165) is 0 Å². The molecular formula is C16H35N. The summed E-state index contributed by atoms with van der Waals surface area (Å²) in [6.07, 6.45) is 2.44. The summed E-state index contributed by atoms with van der Waals surface area (Å²) in [5.74, 6) is 0. The van der Waals surface area contributed by atoms with Crippen molar-refractivity contribution in [2.45, 2.75) is 80.7 Å². The maximum atomic E-state index is 3.54. The minimum atomic E-state index is 0.139. The van der Waals surface area contributed by atoms with E-state index in [1.165, 1.54) is 12.8 Å². The highest BCUT2D eigenvalue weighted by atomic mass is 15.0. The van der Waals surface area contributed by atoms with E-state index < -0.39 is 0 Å². The van der Waals surface area contributed by atoms with E-state index in [2.05, 4.69) is 74.7 Å². The highest BCUT2D eigenvalue weighted by Crippen LogP contribution is 2.54. The Morgan fingerprint density at radius 2 is 1.24 bits per heavy atom. The van der Waals surface area contributed by atoms with Gasteiger partial charge in [0.1, 0.15) is 0 Å². The highest BCUT2D eigenvalue weighted by Gasteiger charge is 2.51. The quantitative estimate of drug-likeness (QED) is 0.724. The molecule has 0 rings (SSSR count). The molecule has 0 amide bonds. The summed E-state index contributed by atoms with van der Waals surface area (Å²) in [5, 5.41) is 3.54. The van der Waals surface area contributed by atoms with Crippen LogP contribution in [0.2, 0.25) is 0 Å². The van der Waals surface area contributed by atoms with Gasteiger partial charge in [0, 0.05) is 5.54 Å². The first-order chi connectivity index (χ1) is 7.33. The van der Waals surface area contributed by atoms with E-state index in [0.29, 0.717) is 10.8 Å². The standard InChI is InChI=1S/C16H35N/c1-11-14(5,6)16(9,12-13(2,3)4)15(7,8)17-10/h17H,11-12H2,1-10H3. The van der Waals surface area contributed by atoms with E-state index in [4.69, 9.17) is 0 Å². The Hall–Kier alpha value is -0.0400. The van der Waals surface area contributed by atoms with Crippen LogP contribution in [0.5, 0.6) is 0 Å². The third-order valence-corrected chi connectivity index (χ3v) is 5.27. The fourth-order valence-corrected chi connectivity index (χ4v) is 3.03. The van der Waals surface area contributed by atoms with Crippen molar-refractivity contribution in [1.29, 1.82) is 0 Å². The van der Waals surface area contributed by atoms with Crippen molar-refractivity contribution in [3.8, 4) is 0 Å². The molecule has 0 fully saturated rings. The van der Waals surface area contributed by atoms with E-state index in [-0.39, 0.29) is 11.0 Å². The second kappa shape index (κ2) is 4.91. The average molecular weight is 241 g/mol. The van der Waals surface area contributed by atoms with Crippen LogP contribution in [-0.4, -0.2) is 12.6 Å². The van der Waals surface area contributed by atoms with Gasteiger partial charge in [0.05, 0.1) is 0 Å². The monoisotopic (exact) mass is 241 g/mol. The van der Waals surface area contributed by atoms with E-state index in [9.17, 15) is 0 Å². The van der Waals surface area contributed by atoms with Crippen LogP contribution in [0.25, 0.3) is 0 Å². The molecule has 0 aliphatic carbocycles. The molecule has 1 nitrogen and oxygen atoms in total. The minimum Gasteiger partial charge on any atom is -0.314 e. The fourth-order valence-electron chi connectivity index (χ4n) is 3.03. The lowest BCUT2D eigenvalue weighted by Crippen LogP contribution is -2.59. The van der Waals surface area contributed by atoms with E-state index in [1.54, 1.807) is 0 Å². The molecule has 0 bridgehead atoms. The van der Waals surface area contributed by atoms with E-state index in [1.807, 2.05) is 0 Å². The van der Waals surface area contributed by atoms with Crippen molar-refractivity contribution in [3.05, 3.63) is 0 Å². The summed E-state index contributed by atoms with van der Waals surface area (Å²) in [6, 6.07) is 0. The smallest absolute Gasteiger partial charge is 0.0181 e. The normalized spacial score (nSPS) is 18.0. The Balaban J connectivity index is 5.53. The van der Waals surface area contributed by atoms with Crippen LogP contribution in [0, 0.1) is 16.2 Å². The molecule has 0 aromatic heterocycles. The summed E-state index contributed by atoms with van der Waals surface area (Å²) in [6.45, 7) is 21.3. The summed E-state index contributed by atoms with van der Waals surface area (Å²) < 4.78 is 0. The molecule has 0 aromatic rings. The zero-order valence-electron chi connectivity index (χ0n) is 13.9. The molecule has 0 heterocycles. The zero-order chi connectivity index (χ0) is 14.1. The number of rotatable bonds is 5. The van der Waals surface area contributed by atoms with Crippen molar-refractivity contribution in [2.24, 2.45) is 16.2 Å². The van der Waals surface area contributed by atoms with Crippen molar-refractivity contribution in [3.63, 3.8) is 0 Å². The Morgan fingerprint density at radius 1 is 0.824 bits per heavy atom. The molecule has 0 saturated heterocycles. The fraction of sp³-hybridized carbons (Fsp3) is 1.00. The maximum absolute atomic E-state index is 3.54. The Bertz CT molecular complexity index is 227. The molecule has 0 aliphatic rings. The van der Waals surface area contributed by atoms with Gasteiger partial charge in [-0.3, -0.25) is 0 Å². The lowest BCUT2D eigenvalue weighted by molar-refractivity contribution is -0.0373. The lowest BCUT2D eigenvalue weighted by atomic mass is 9.52.